The Morgan fingerprint density at radius 1 is 1.70 bits per heavy atom. The minimum absolute atomic E-state index is 0.796. The molecule has 0 saturated heterocycles. The number of nitrogens with zero attached hydrogens (tertiary/aromatic N) is 2. The van der Waals surface area contributed by atoms with Crippen molar-refractivity contribution in [2.24, 2.45) is 11.1 Å². The second kappa shape index (κ2) is 3.00. The zero-order valence-corrected chi connectivity index (χ0v) is 5.83. The van der Waals surface area contributed by atoms with E-state index in [2.05, 4.69) is 6.58 Å². The molecule has 3 heteroatoms. The summed E-state index contributed by atoms with van der Waals surface area (Å²) in [6, 6.07) is 2.91. The molecule has 52 valence electrons. The van der Waals surface area contributed by atoms with Gasteiger partial charge in [-0.2, -0.15) is 10.5 Å². The molecule has 0 saturated carbocycles. The van der Waals surface area contributed by atoms with E-state index in [0.29, 0.717) is 0 Å². The molecule has 0 bridgehead atoms. The van der Waals surface area contributed by atoms with Gasteiger partial charge in [0.05, 0.1) is 12.1 Å². The molecular formula is C7H9N3. The van der Waals surface area contributed by atoms with Gasteiger partial charge in [-0.15, -0.1) is 6.58 Å². The maximum absolute atomic E-state index is 8.53. The van der Waals surface area contributed by atoms with Gasteiger partial charge in [-0.25, -0.2) is 0 Å². The maximum atomic E-state index is 8.53. The average Bonchev–Trinajstić information content (AvgIpc) is 2.01. The molecule has 0 rings (SSSR count). The Labute approximate surface area is 60.4 Å². The topological polar surface area (TPSA) is 73.6 Å². The van der Waals surface area contributed by atoms with E-state index in [1.165, 1.54) is 6.08 Å². The predicted octanol–water partition coefficient (Wildman–Crippen LogP) is 0.553. The number of hydrogen-bond donors (Lipinski definition) is 1. The summed E-state index contributed by atoms with van der Waals surface area (Å²) in [5.74, 6) is 0. The van der Waals surface area contributed by atoms with E-state index in [9.17, 15) is 0 Å². The maximum Gasteiger partial charge on any atom is 0.115 e. The standard InChI is InChI=1S/C7H9N3/c1-3-7(2,5-9)6(10)4-8/h3,6H,1,10H2,2H3/t6-,7?/m1/s1. The molecule has 1 unspecified atom stereocenters. The first-order valence-corrected chi connectivity index (χ1v) is 2.80. The molecule has 2 atom stereocenters. The Hall–Kier alpha value is -1.32. The Balaban J connectivity index is 4.56. The monoisotopic (exact) mass is 135 g/mol. The van der Waals surface area contributed by atoms with Crippen LogP contribution >= 0.6 is 0 Å². The van der Waals surface area contributed by atoms with Crippen molar-refractivity contribution in [2.45, 2.75) is 13.0 Å². The molecule has 0 aromatic rings. The first kappa shape index (κ1) is 8.68. The fraction of sp³-hybridized carbons (Fsp3) is 0.429. The first-order chi connectivity index (χ1) is 4.60. The second-order valence-corrected chi connectivity index (χ2v) is 2.21. The van der Waals surface area contributed by atoms with Crippen molar-refractivity contribution in [1.29, 1.82) is 10.5 Å². The van der Waals surface area contributed by atoms with E-state index in [1.807, 2.05) is 6.07 Å². The normalized spacial score (nSPS) is 17.6. The van der Waals surface area contributed by atoms with E-state index in [4.69, 9.17) is 16.3 Å². The Kier molecular flexibility index (Phi) is 2.61. The highest BCUT2D eigenvalue weighted by atomic mass is 14.7. The van der Waals surface area contributed by atoms with Crippen LogP contribution in [-0.2, 0) is 0 Å². The number of nitrogens with two attached hydrogens (primary N) is 1. The summed E-state index contributed by atoms with van der Waals surface area (Å²) in [5.41, 5.74) is 4.40. The fourth-order valence-electron chi connectivity index (χ4n) is 0.376. The predicted molar refractivity (Wildman–Crippen MR) is 37.5 cm³/mol. The molecular weight excluding hydrogens is 126 g/mol. The van der Waals surface area contributed by atoms with Crippen LogP contribution < -0.4 is 5.73 Å². The lowest BCUT2D eigenvalue weighted by Gasteiger charge is -2.17. The molecule has 0 aromatic carbocycles. The van der Waals surface area contributed by atoms with Gasteiger partial charge >= 0.3 is 0 Å². The highest BCUT2D eigenvalue weighted by Crippen LogP contribution is 2.18. The van der Waals surface area contributed by atoms with Crippen molar-refractivity contribution in [1.82, 2.24) is 0 Å². The Morgan fingerprint density at radius 3 is 2.30 bits per heavy atom. The third kappa shape index (κ3) is 1.34. The Morgan fingerprint density at radius 2 is 2.20 bits per heavy atom. The molecule has 0 aliphatic rings. The smallest absolute Gasteiger partial charge is 0.115 e. The van der Waals surface area contributed by atoms with Crippen LogP contribution in [-0.4, -0.2) is 6.04 Å². The molecule has 0 amide bonds. The largest absolute Gasteiger partial charge is 0.314 e. The van der Waals surface area contributed by atoms with Gasteiger partial charge in [0, 0.05) is 0 Å². The summed E-state index contributed by atoms with van der Waals surface area (Å²) in [5, 5.41) is 16.9. The van der Waals surface area contributed by atoms with Gasteiger partial charge in [-0.05, 0) is 6.92 Å². The van der Waals surface area contributed by atoms with Crippen LogP contribution in [0, 0.1) is 28.1 Å². The fourth-order valence-corrected chi connectivity index (χ4v) is 0.376. The van der Waals surface area contributed by atoms with Crippen molar-refractivity contribution < 1.29 is 0 Å². The lowest BCUT2D eigenvalue weighted by molar-refractivity contribution is 0.508. The van der Waals surface area contributed by atoms with Crippen molar-refractivity contribution >= 4 is 0 Å². The highest BCUT2D eigenvalue weighted by molar-refractivity contribution is 5.18. The minimum Gasteiger partial charge on any atom is -0.314 e. The summed E-state index contributed by atoms with van der Waals surface area (Å²) in [4.78, 5) is 0. The van der Waals surface area contributed by atoms with Crippen LogP contribution in [0.5, 0.6) is 0 Å². The zero-order valence-electron chi connectivity index (χ0n) is 5.83. The van der Waals surface area contributed by atoms with Crippen LogP contribution in [0.4, 0.5) is 0 Å². The lowest BCUT2D eigenvalue weighted by atomic mass is 9.85. The zero-order chi connectivity index (χ0) is 8.20. The van der Waals surface area contributed by atoms with E-state index in [-0.39, 0.29) is 0 Å². The van der Waals surface area contributed by atoms with Gasteiger partial charge < -0.3 is 5.73 Å². The molecule has 0 fully saturated rings. The lowest BCUT2D eigenvalue weighted by Crippen LogP contribution is -2.35. The molecule has 10 heavy (non-hydrogen) atoms. The van der Waals surface area contributed by atoms with Gasteiger partial charge in [0.15, 0.2) is 0 Å². The van der Waals surface area contributed by atoms with E-state index in [0.717, 1.165) is 0 Å². The van der Waals surface area contributed by atoms with Crippen molar-refractivity contribution in [2.75, 3.05) is 0 Å². The number of nitriles is 2. The van der Waals surface area contributed by atoms with Gasteiger partial charge in [0.25, 0.3) is 0 Å². The molecule has 0 heterocycles. The second-order valence-electron chi connectivity index (χ2n) is 2.21. The third-order valence-electron chi connectivity index (χ3n) is 1.45. The van der Waals surface area contributed by atoms with Crippen molar-refractivity contribution in [3.63, 3.8) is 0 Å². The SMILES string of the molecule is C=CC(C)(C#N)[C@H](N)C#N. The summed E-state index contributed by atoms with van der Waals surface area (Å²) >= 11 is 0. The minimum atomic E-state index is -0.922. The highest BCUT2D eigenvalue weighted by Gasteiger charge is 2.27. The molecule has 0 aromatic heterocycles. The van der Waals surface area contributed by atoms with Gasteiger partial charge in [-0.1, -0.05) is 6.08 Å². The number of hydrogen-bond acceptors (Lipinski definition) is 3. The van der Waals surface area contributed by atoms with Crippen LogP contribution in [0.3, 0.4) is 0 Å². The van der Waals surface area contributed by atoms with Crippen LogP contribution in [0.25, 0.3) is 0 Å². The van der Waals surface area contributed by atoms with Crippen molar-refractivity contribution in [3.8, 4) is 12.1 Å². The quantitative estimate of drug-likeness (QED) is 0.562. The molecule has 3 nitrogen and oxygen atoms in total. The molecule has 0 aliphatic carbocycles. The summed E-state index contributed by atoms with van der Waals surface area (Å²) in [7, 11) is 0. The van der Waals surface area contributed by atoms with Crippen LogP contribution in [0.2, 0.25) is 0 Å². The number of rotatable bonds is 2. The molecule has 0 spiro atoms. The first-order valence-electron chi connectivity index (χ1n) is 2.80. The molecule has 0 aliphatic heterocycles. The van der Waals surface area contributed by atoms with Crippen LogP contribution in [0.15, 0.2) is 12.7 Å². The van der Waals surface area contributed by atoms with E-state index < -0.39 is 11.5 Å². The summed E-state index contributed by atoms with van der Waals surface area (Å²) < 4.78 is 0. The summed E-state index contributed by atoms with van der Waals surface area (Å²) in [6.07, 6.45) is 1.39. The van der Waals surface area contributed by atoms with Gasteiger partial charge in [0.1, 0.15) is 11.5 Å². The van der Waals surface area contributed by atoms with E-state index >= 15 is 0 Å². The van der Waals surface area contributed by atoms with Crippen molar-refractivity contribution in [3.05, 3.63) is 12.7 Å². The average molecular weight is 135 g/mol. The molecule has 0 radical (unpaired) electrons. The van der Waals surface area contributed by atoms with Gasteiger partial charge in [0.2, 0.25) is 0 Å². The van der Waals surface area contributed by atoms with Crippen LogP contribution in [0.1, 0.15) is 6.92 Å². The Bertz CT molecular complexity index is 208. The van der Waals surface area contributed by atoms with Gasteiger partial charge in [-0.3, -0.25) is 0 Å². The van der Waals surface area contributed by atoms with E-state index in [1.54, 1.807) is 13.0 Å². The summed E-state index contributed by atoms with van der Waals surface area (Å²) in [6.45, 7) is 5.00. The molecule has 2 N–H and O–H groups in total. The third-order valence-corrected chi connectivity index (χ3v) is 1.45.